The van der Waals surface area contributed by atoms with Crippen LogP contribution in [-0.4, -0.2) is 47.3 Å². The molecule has 4 amide bonds. The lowest BCUT2D eigenvalue weighted by Gasteiger charge is -2.25. The molecule has 1 aromatic carbocycles. The lowest BCUT2D eigenvalue weighted by Crippen LogP contribution is -2.45. The van der Waals surface area contributed by atoms with Crippen molar-refractivity contribution >= 4 is 17.8 Å². The van der Waals surface area contributed by atoms with Crippen LogP contribution in [0.5, 0.6) is 0 Å². The van der Waals surface area contributed by atoms with E-state index in [1.807, 2.05) is 6.92 Å². The molecule has 8 heteroatoms. The maximum atomic E-state index is 14.2. The summed E-state index contributed by atoms with van der Waals surface area (Å²) in [5, 5.41) is 2.40. The monoisotopic (exact) mass is 379 g/mol. The topological polar surface area (TPSA) is 69.7 Å². The zero-order valence-corrected chi connectivity index (χ0v) is 15.4. The Morgan fingerprint density at radius 2 is 2.04 bits per heavy atom. The Labute approximate surface area is 156 Å². The summed E-state index contributed by atoms with van der Waals surface area (Å²) < 4.78 is 27.7. The van der Waals surface area contributed by atoms with Gasteiger partial charge in [-0.2, -0.15) is 0 Å². The summed E-state index contributed by atoms with van der Waals surface area (Å²) in [6.45, 7) is 4.01. The highest BCUT2D eigenvalue weighted by Gasteiger charge is 2.51. The Bertz CT molecular complexity index is 781. The maximum Gasteiger partial charge on any atom is 0.325 e. The molecule has 1 N–H and O–H groups in total. The number of hydrogen-bond donors (Lipinski definition) is 1. The third kappa shape index (κ3) is 3.79. The van der Waals surface area contributed by atoms with Gasteiger partial charge >= 0.3 is 6.03 Å². The molecule has 27 heavy (non-hydrogen) atoms. The normalized spacial score (nSPS) is 22.1. The second-order valence-electron chi connectivity index (χ2n) is 7.35. The van der Waals surface area contributed by atoms with Crippen molar-refractivity contribution in [2.75, 3.05) is 19.6 Å². The first-order valence-corrected chi connectivity index (χ1v) is 9.13. The Kier molecular flexibility index (Phi) is 5.17. The summed E-state index contributed by atoms with van der Waals surface area (Å²) in [5.74, 6) is -2.13. The first-order chi connectivity index (χ1) is 12.8. The molecule has 1 saturated carbocycles. The van der Waals surface area contributed by atoms with Crippen LogP contribution in [-0.2, 0) is 15.1 Å². The number of rotatable bonds is 7. The molecule has 0 aromatic heterocycles. The molecule has 1 aliphatic carbocycles. The number of halogens is 2. The standard InChI is InChI=1S/C19H23F2N3O3/c1-3-8-23(10-12-4-5-12)16(25)11-24-17(26)19(2,22-18(24)27)14-9-13(20)6-7-15(14)21/h6-7,9,12H,3-5,8,10-11H2,1-2H3,(H,22,27)/t19-/m0/s1. The van der Waals surface area contributed by atoms with E-state index in [2.05, 4.69) is 5.32 Å². The Balaban J connectivity index is 1.79. The summed E-state index contributed by atoms with van der Waals surface area (Å²) in [5.41, 5.74) is -2.02. The van der Waals surface area contributed by atoms with Gasteiger partial charge in [-0.25, -0.2) is 13.6 Å². The van der Waals surface area contributed by atoms with E-state index < -0.39 is 35.7 Å². The van der Waals surface area contributed by atoms with Crippen molar-refractivity contribution in [1.82, 2.24) is 15.1 Å². The number of hydrogen-bond acceptors (Lipinski definition) is 3. The van der Waals surface area contributed by atoms with Crippen molar-refractivity contribution in [2.24, 2.45) is 5.92 Å². The number of carbonyl (C=O) groups excluding carboxylic acids is 3. The van der Waals surface area contributed by atoms with Crippen LogP contribution in [0, 0.1) is 17.6 Å². The average molecular weight is 379 g/mol. The summed E-state index contributed by atoms with van der Waals surface area (Å²) in [6, 6.07) is 1.94. The van der Waals surface area contributed by atoms with Gasteiger partial charge in [0.25, 0.3) is 5.91 Å². The molecule has 2 fully saturated rings. The fourth-order valence-corrected chi connectivity index (χ4v) is 3.34. The van der Waals surface area contributed by atoms with Crippen molar-refractivity contribution in [3.05, 3.63) is 35.4 Å². The van der Waals surface area contributed by atoms with Crippen LogP contribution >= 0.6 is 0 Å². The number of carbonyl (C=O) groups is 3. The van der Waals surface area contributed by atoms with Gasteiger partial charge in [0, 0.05) is 18.7 Å². The highest BCUT2D eigenvalue weighted by atomic mass is 19.1. The highest BCUT2D eigenvalue weighted by molar-refractivity contribution is 6.09. The molecule has 1 heterocycles. The highest BCUT2D eigenvalue weighted by Crippen LogP contribution is 2.32. The minimum Gasteiger partial charge on any atom is -0.341 e. The van der Waals surface area contributed by atoms with E-state index in [0.29, 0.717) is 19.0 Å². The van der Waals surface area contributed by atoms with E-state index in [4.69, 9.17) is 0 Å². The third-order valence-corrected chi connectivity index (χ3v) is 5.06. The molecule has 0 bridgehead atoms. The van der Waals surface area contributed by atoms with Crippen LogP contribution in [0.25, 0.3) is 0 Å². The number of benzene rings is 1. The van der Waals surface area contributed by atoms with Crippen LogP contribution in [0.4, 0.5) is 13.6 Å². The van der Waals surface area contributed by atoms with Gasteiger partial charge in [-0.05, 0) is 50.3 Å². The molecule has 6 nitrogen and oxygen atoms in total. The molecule has 0 spiro atoms. The van der Waals surface area contributed by atoms with Crippen molar-refractivity contribution in [1.29, 1.82) is 0 Å². The number of amides is 4. The molecule has 1 aliphatic heterocycles. The molecule has 0 radical (unpaired) electrons. The Morgan fingerprint density at radius 3 is 2.67 bits per heavy atom. The predicted molar refractivity (Wildman–Crippen MR) is 93.5 cm³/mol. The summed E-state index contributed by atoms with van der Waals surface area (Å²) in [4.78, 5) is 40.2. The van der Waals surface area contributed by atoms with E-state index in [9.17, 15) is 23.2 Å². The molecule has 1 aromatic rings. The van der Waals surface area contributed by atoms with Gasteiger partial charge in [0.1, 0.15) is 23.7 Å². The molecule has 0 unspecified atom stereocenters. The lowest BCUT2D eigenvalue weighted by atomic mass is 9.91. The van der Waals surface area contributed by atoms with E-state index >= 15 is 0 Å². The number of nitrogens with zero attached hydrogens (tertiary/aromatic N) is 2. The van der Waals surface area contributed by atoms with Gasteiger partial charge in [-0.3, -0.25) is 14.5 Å². The van der Waals surface area contributed by atoms with Gasteiger partial charge in [0.15, 0.2) is 0 Å². The summed E-state index contributed by atoms with van der Waals surface area (Å²) in [6.07, 6.45) is 2.92. The second-order valence-corrected chi connectivity index (χ2v) is 7.35. The van der Waals surface area contributed by atoms with E-state index in [-0.39, 0.29) is 11.5 Å². The van der Waals surface area contributed by atoms with Gasteiger partial charge in [-0.1, -0.05) is 6.92 Å². The van der Waals surface area contributed by atoms with E-state index in [1.54, 1.807) is 4.90 Å². The first kappa shape index (κ1) is 19.3. The van der Waals surface area contributed by atoms with Crippen molar-refractivity contribution in [2.45, 2.75) is 38.6 Å². The Morgan fingerprint density at radius 1 is 1.33 bits per heavy atom. The molecule has 3 rings (SSSR count). The van der Waals surface area contributed by atoms with Gasteiger partial charge < -0.3 is 10.2 Å². The van der Waals surface area contributed by atoms with Crippen molar-refractivity contribution < 1.29 is 23.2 Å². The fourth-order valence-electron chi connectivity index (χ4n) is 3.34. The van der Waals surface area contributed by atoms with Crippen LogP contribution in [0.1, 0.15) is 38.7 Å². The molecule has 2 aliphatic rings. The van der Waals surface area contributed by atoms with E-state index in [1.165, 1.54) is 6.92 Å². The molecule has 1 atom stereocenters. The van der Waals surface area contributed by atoms with Gasteiger partial charge in [0.05, 0.1) is 0 Å². The fraction of sp³-hybridized carbons (Fsp3) is 0.526. The average Bonchev–Trinajstić information content (AvgIpc) is 3.40. The van der Waals surface area contributed by atoms with E-state index in [0.717, 1.165) is 42.4 Å². The third-order valence-electron chi connectivity index (χ3n) is 5.06. The van der Waals surface area contributed by atoms with Crippen LogP contribution < -0.4 is 5.32 Å². The minimum atomic E-state index is -1.75. The van der Waals surface area contributed by atoms with Gasteiger partial charge in [-0.15, -0.1) is 0 Å². The smallest absolute Gasteiger partial charge is 0.325 e. The SMILES string of the molecule is CCCN(CC1CC1)C(=O)CN1C(=O)N[C@@](C)(c2cc(F)ccc2F)C1=O. The summed E-state index contributed by atoms with van der Waals surface area (Å²) in [7, 11) is 0. The Hall–Kier alpha value is -2.51. The molecule has 146 valence electrons. The van der Waals surface area contributed by atoms with Gasteiger partial charge in [0.2, 0.25) is 5.91 Å². The zero-order valence-electron chi connectivity index (χ0n) is 15.4. The molecular formula is C19H23F2N3O3. The molecule has 1 saturated heterocycles. The number of urea groups is 1. The maximum absolute atomic E-state index is 14.2. The van der Waals surface area contributed by atoms with Crippen LogP contribution in [0.2, 0.25) is 0 Å². The molecular weight excluding hydrogens is 356 g/mol. The zero-order chi connectivity index (χ0) is 19.8. The largest absolute Gasteiger partial charge is 0.341 e. The number of imide groups is 1. The van der Waals surface area contributed by atoms with Crippen molar-refractivity contribution in [3.63, 3.8) is 0 Å². The van der Waals surface area contributed by atoms with Crippen LogP contribution in [0.15, 0.2) is 18.2 Å². The second kappa shape index (κ2) is 7.25. The first-order valence-electron chi connectivity index (χ1n) is 9.13. The quantitative estimate of drug-likeness (QED) is 0.740. The lowest BCUT2D eigenvalue weighted by molar-refractivity contribution is -0.139. The van der Waals surface area contributed by atoms with Crippen LogP contribution in [0.3, 0.4) is 0 Å². The van der Waals surface area contributed by atoms with Crippen molar-refractivity contribution in [3.8, 4) is 0 Å². The summed E-state index contributed by atoms with van der Waals surface area (Å²) >= 11 is 0. The minimum absolute atomic E-state index is 0.265. The predicted octanol–water partition coefficient (Wildman–Crippen LogP) is 2.38. The number of nitrogens with one attached hydrogen (secondary N) is 1.